The molecule has 0 heteroatoms. The third-order valence-electron chi connectivity index (χ3n) is 0.874. The molecule has 0 bridgehead atoms. The van der Waals surface area contributed by atoms with Crippen molar-refractivity contribution in [2.24, 2.45) is 0 Å². The topological polar surface area (TPSA) is 0 Å². The van der Waals surface area contributed by atoms with Gasteiger partial charge in [0.2, 0.25) is 0 Å². The standard InChI is InChI=1S/C8H12/c1-4-6-7-8(3)5-2/h4-7H,2H2,1,3H3. The van der Waals surface area contributed by atoms with Gasteiger partial charge in [0, 0.05) is 0 Å². The first-order valence-corrected chi connectivity index (χ1v) is 2.73. The molecule has 0 nitrogen and oxygen atoms in total. The van der Waals surface area contributed by atoms with E-state index in [0.29, 0.717) is 0 Å². The van der Waals surface area contributed by atoms with E-state index in [2.05, 4.69) is 6.58 Å². The molecule has 0 spiro atoms. The molecule has 0 fully saturated rings. The fraction of sp³-hybridized carbons (Fsp3) is 0.250. The van der Waals surface area contributed by atoms with Crippen LogP contribution in [0.5, 0.6) is 0 Å². The second kappa shape index (κ2) is 4.38. The van der Waals surface area contributed by atoms with Crippen molar-refractivity contribution >= 4 is 0 Å². The zero-order valence-electron chi connectivity index (χ0n) is 5.52. The second-order valence-corrected chi connectivity index (χ2v) is 1.64. The van der Waals surface area contributed by atoms with E-state index in [1.165, 1.54) is 5.57 Å². The van der Waals surface area contributed by atoms with Crippen LogP contribution in [0.4, 0.5) is 0 Å². The largest absolute Gasteiger partial charge is 0.0988 e. The molecule has 0 heterocycles. The van der Waals surface area contributed by atoms with Crippen LogP contribution >= 0.6 is 0 Å². The third-order valence-corrected chi connectivity index (χ3v) is 0.874. The lowest BCUT2D eigenvalue weighted by Crippen LogP contribution is -1.60. The van der Waals surface area contributed by atoms with Crippen LogP contribution in [0.25, 0.3) is 0 Å². The number of rotatable bonds is 2. The summed E-state index contributed by atoms with van der Waals surface area (Å²) in [6.45, 7) is 7.63. The zero-order chi connectivity index (χ0) is 6.41. The lowest BCUT2D eigenvalue weighted by atomic mass is 10.3. The van der Waals surface area contributed by atoms with Crippen LogP contribution in [0.1, 0.15) is 13.8 Å². The average molecular weight is 108 g/mol. The van der Waals surface area contributed by atoms with Gasteiger partial charge >= 0.3 is 0 Å². The Bertz CT molecular complexity index is 116. The van der Waals surface area contributed by atoms with Crippen molar-refractivity contribution < 1.29 is 0 Å². The summed E-state index contributed by atoms with van der Waals surface area (Å²) in [6, 6.07) is 0. The highest BCUT2D eigenvalue weighted by molar-refractivity contribution is 5.18. The Morgan fingerprint density at radius 2 is 2.12 bits per heavy atom. The summed E-state index contributed by atoms with van der Waals surface area (Å²) >= 11 is 0. The molecule has 0 saturated carbocycles. The van der Waals surface area contributed by atoms with Gasteiger partial charge in [-0.05, 0) is 13.8 Å². The van der Waals surface area contributed by atoms with Gasteiger partial charge in [-0.1, -0.05) is 36.5 Å². The molecule has 0 saturated heterocycles. The van der Waals surface area contributed by atoms with E-state index in [-0.39, 0.29) is 0 Å². The van der Waals surface area contributed by atoms with Crippen molar-refractivity contribution in [2.75, 3.05) is 0 Å². The molecule has 0 atom stereocenters. The van der Waals surface area contributed by atoms with Gasteiger partial charge in [0.05, 0.1) is 0 Å². The first-order valence-electron chi connectivity index (χ1n) is 2.73. The summed E-state index contributed by atoms with van der Waals surface area (Å²) in [5.41, 5.74) is 1.20. The predicted octanol–water partition coefficient (Wildman–Crippen LogP) is 2.69. The van der Waals surface area contributed by atoms with Gasteiger partial charge in [-0.15, -0.1) is 0 Å². The first kappa shape index (κ1) is 7.22. The maximum absolute atomic E-state index is 3.61. The van der Waals surface area contributed by atoms with Crippen molar-refractivity contribution in [3.05, 3.63) is 36.5 Å². The number of hydrogen-bond donors (Lipinski definition) is 0. The van der Waals surface area contributed by atoms with E-state index in [0.717, 1.165) is 0 Å². The maximum atomic E-state index is 3.61. The van der Waals surface area contributed by atoms with Crippen molar-refractivity contribution in [1.29, 1.82) is 0 Å². The summed E-state index contributed by atoms with van der Waals surface area (Å²) in [7, 11) is 0. The normalized spacial score (nSPS) is 12.5. The van der Waals surface area contributed by atoms with Gasteiger partial charge in [0.1, 0.15) is 0 Å². The van der Waals surface area contributed by atoms with Crippen LogP contribution in [0.2, 0.25) is 0 Å². The average Bonchev–Trinajstić information content (AvgIpc) is 1.83. The van der Waals surface area contributed by atoms with E-state index >= 15 is 0 Å². The summed E-state index contributed by atoms with van der Waals surface area (Å²) in [5, 5.41) is 0. The molecule has 0 aromatic carbocycles. The Balaban J connectivity index is 3.74. The Morgan fingerprint density at radius 1 is 1.50 bits per heavy atom. The van der Waals surface area contributed by atoms with Crippen molar-refractivity contribution in [3.63, 3.8) is 0 Å². The summed E-state index contributed by atoms with van der Waals surface area (Å²) in [5.74, 6) is 0. The molecule has 0 aliphatic heterocycles. The minimum absolute atomic E-state index is 1.20. The molecule has 0 aromatic heterocycles. The number of allylic oxidation sites excluding steroid dienone is 5. The van der Waals surface area contributed by atoms with E-state index < -0.39 is 0 Å². The molecule has 44 valence electrons. The van der Waals surface area contributed by atoms with Gasteiger partial charge in [-0.25, -0.2) is 0 Å². The summed E-state index contributed by atoms with van der Waals surface area (Å²) < 4.78 is 0. The monoisotopic (exact) mass is 108 g/mol. The van der Waals surface area contributed by atoms with Gasteiger partial charge in [-0.3, -0.25) is 0 Å². The highest BCUT2D eigenvalue weighted by atomic mass is 13.8. The molecule has 0 aliphatic rings. The third kappa shape index (κ3) is 3.41. The van der Waals surface area contributed by atoms with Crippen LogP contribution in [0.15, 0.2) is 36.5 Å². The highest BCUT2D eigenvalue weighted by Gasteiger charge is 1.70. The van der Waals surface area contributed by atoms with Crippen LogP contribution in [-0.2, 0) is 0 Å². The zero-order valence-corrected chi connectivity index (χ0v) is 5.52. The molecular formula is C8H12. The number of hydrogen-bond acceptors (Lipinski definition) is 0. The smallest absolute Gasteiger partial charge is 0.0398 e. The van der Waals surface area contributed by atoms with Gasteiger partial charge in [0.25, 0.3) is 0 Å². The molecule has 0 radical (unpaired) electrons. The molecule has 0 unspecified atom stereocenters. The van der Waals surface area contributed by atoms with Crippen molar-refractivity contribution in [2.45, 2.75) is 13.8 Å². The SMILES string of the molecule is C=CC(C)=CC=CC. The Hall–Kier alpha value is -0.780. The Kier molecular flexibility index (Phi) is 3.95. The maximum Gasteiger partial charge on any atom is -0.0398 e. The predicted molar refractivity (Wildman–Crippen MR) is 38.8 cm³/mol. The minimum Gasteiger partial charge on any atom is -0.0988 e. The Morgan fingerprint density at radius 3 is 2.50 bits per heavy atom. The summed E-state index contributed by atoms with van der Waals surface area (Å²) in [6.07, 6.45) is 7.84. The van der Waals surface area contributed by atoms with E-state index in [4.69, 9.17) is 0 Å². The summed E-state index contributed by atoms with van der Waals surface area (Å²) in [4.78, 5) is 0. The molecular weight excluding hydrogens is 96.1 g/mol. The van der Waals surface area contributed by atoms with Crippen LogP contribution in [0, 0.1) is 0 Å². The molecule has 0 rings (SSSR count). The molecule has 0 aliphatic carbocycles. The lowest BCUT2D eigenvalue weighted by Gasteiger charge is -1.81. The molecule has 0 aromatic rings. The molecule has 8 heavy (non-hydrogen) atoms. The quantitative estimate of drug-likeness (QED) is 0.477. The van der Waals surface area contributed by atoms with E-state index in [1.807, 2.05) is 38.2 Å². The van der Waals surface area contributed by atoms with Gasteiger partial charge in [-0.2, -0.15) is 0 Å². The fourth-order valence-electron chi connectivity index (χ4n) is 0.316. The lowest BCUT2D eigenvalue weighted by molar-refractivity contribution is 1.53. The minimum atomic E-state index is 1.20. The second-order valence-electron chi connectivity index (χ2n) is 1.64. The van der Waals surface area contributed by atoms with Crippen molar-refractivity contribution in [1.82, 2.24) is 0 Å². The van der Waals surface area contributed by atoms with Gasteiger partial charge in [0.15, 0.2) is 0 Å². The molecule has 0 N–H and O–H groups in total. The molecule has 0 amide bonds. The first-order chi connectivity index (χ1) is 3.81. The van der Waals surface area contributed by atoms with Crippen LogP contribution < -0.4 is 0 Å². The van der Waals surface area contributed by atoms with Gasteiger partial charge < -0.3 is 0 Å². The Labute approximate surface area is 51.2 Å². The fourth-order valence-corrected chi connectivity index (χ4v) is 0.316. The van der Waals surface area contributed by atoms with Crippen LogP contribution in [-0.4, -0.2) is 0 Å². The van der Waals surface area contributed by atoms with E-state index in [9.17, 15) is 0 Å². The highest BCUT2D eigenvalue weighted by Crippen LogP contribution is 1.91. The van der Waals surface area contributed by atoms with E-state index in [1.54, 1.807) is 0 Å². The van der Waals surface area contributed by atoms with Crippen LogP contribution in [0.3, 0.4) is 0 Å². The van der Waals surface area contributed by atoms with Crippen molar-refractivity contribution in [3.8, 4) is 0 Å².